The van der Waals surface area contributed by atoms with Crippen LogP contribution >= 0.6 is 11.3 Å². The lowest BCUT2D eigenvalue weighted by Crippen LogP contribution is -2.41. The summed E-state index contributed by atoms with van der Waals surface area (Å²) in [4.78, 5) is 17.1. The number of fused-ring (bicyclic) bond motifs is 1. The molecule has 1 aliphatic heterocycles. The summed E-state index contributed by atoms with van der Waals surface area (Å²) in [5, 5.41) is 6.76. The minimum Gasteiger partial charge on any atom is -0.494 e. The Hall–Kier alpha value is -1.70. The van der Waals surface area contributed by atoms with Crippen LogP contribution in [0.5, 0.6) is 5.75 Å². The summed E-state index contributed by atoms with van der Waals surface area (Å²) in [6.07, 6.45) is 0.765. The minimum absolute atomic E-state index is 0.0441. The molecule has 1 amide bonds. The van der Waals surface area contributed by atoms with E-state index in [1.165, 1.54) is 11.3 Å². The van der Waals surface area contributed by atoms with Crippen molar-refractivity contribution in [3.05, 3.63) is 18.2 Å². The number of amides is 1. The molecule has 3 rings (SSSR count). The SMILES string of the molecule is COCC1(C(=O)Nc2nc3c(OC)cccc3s2)CCNC1. The van der Waals surface area contributed by atoms with Gasteiger partial charge in [-0.3, -0.25) is 4.79 Å². The molecule has 1 aromatic heterocycles. The maximum absolute atomic E-state index is 12.7. The molecule has 2 heterocycles. The molecule has 2 aromatic rings. The molecule has 0 aliphatic carbocycles. The Morgan fingerprint density at radius 1 is 1.50 bits per heavy atom. The molecule has 7 heteroatoms. The van der Waals surface area contributed by atoms with E-state index in [0.29, 0.717) is 24.0 Å². The van der Waals surface area contributed by atoms with Gasteiger partial charge >= 0.3 is 0 Å². The quantitative estimate of drug-likeness (QED) is 0.879. The summed E-state index contributed by atoms with van der Waals surface area (Å²) in [5.41, 5.74) is 0.257. The fraction of sp³-hybridized carbons (Fsp3) is 0.467. The van der Waals surface area contributed by atoms with Crippen LogP contribution in [0.2, 0.25) is 0 Å². The third-order valence-electron chi connectivity index (χ3n) is 3.97. The van der Waals surface area contributed by atoms with E-state index < -0.39 is 5.41 Å². The summed E-state index contributed by atoms with van der Waals surface area (Å²) in [6, 6.07) is 5.74. The van der Waals surface area contributed by atoms with E-state index in [1.54, 1.807) is 14.2 Å². The molecule has 1 aliphatic rings. The molecule has 1 atom stereocenters. The molecule has 2 N–H and O–H groups in total. The van der Waals surface area contributed by atoms with Crippen LogP contribution < -0.4 is 15.4 Å². The Kier molecular flexibility index (Phi) is 4.28. The van der Waals surface area contributed by atoms with Crippen molar-refractivity contribution in [2.45, 2.75) is 6.42 Å². The van der Waals surface area contributed by atoms with Gasteiger partial charge in [0.1, 0.15) is 11.3 Å². The molecular formula is C15H19N3O3S. The Morgan fingerprint density at radius 2 is 2.36 bits per heavy atom. The molecule has 118 valence electrons. The monoisotopic (exact) mass is 321 g/mol. The van der Waals surface area contributed by atoms with Gasteiger partial charge in [-0.1, -0.05) is 17.4 Å². The van der Waals surface area contributed by atoms with Crippen LogP contribution in [0, 0.1) is 5.41 Å². The Morgan fingerprint density at radius 3 is 3.05 bits per heavy atom. The molecule has 1 unspecified atom stereocenters. The van der Waals surface area contributed by atoms with Gasteiger partial charge in [0.05, 0.1) is 23.8 Å². The highest BCUT2D eigenvalue weighted by Crippen LogP contribution is 2.34. The Bertz CT molecular complexity index is 680. The van der Waals surface area contributed by atoms with E-state index in [4.69, 9.17) is 9.47 Å². The summed E-state index contributed by atoms with van der Waals surface area (Å²) in [7, 11) is 3.24. The predicted molar refractivity (Wildman–Crippen MR) is 86.6 cm³/mol. The van der Waals surface area contributed by atoms with Gasteiger partial charge in [-0.05, 0) is 25.1 Å². The molecule has 0 bridgehead atoms. The summed E-state index contributed by atoms with van der Waals surface area (Å²) in [5.74, 6) is 0.667. The molecule has 1 saturated heterocycles. The second-order valence-electron chi connectivity index (χ2n) is 5.42. The highest BCUT2D eigenvalue weighted by molar-refractivity contribution is 7.22. The van der Waals surface area contributed by atoms with E-state index in [9.17, 15) is 4.79 Å². The third kappa shape index (κ3) is 2.67. The number of aromatic nitrogens is 1. The van der Waals surface area contributed by atoms with Gasteiger partial charge in [0, 0.05) is 13.7 Å². The van der Waals surface area contributed by atoms with Crippen molar-refractivity contribution in [1.29, 1.82) is 0 Å². The van der Waals surface area contributed by atoms with Gasteiger partial charge in [-0.25, -0.2) is 4.98 Å². The fourth-order valence-corrected chi connectivity index (χ4v) is 3.65. The van der Waals surface area contributed by atoms with Crippen molar-refractivity contribution in [1.82, 2.24) is 10.3 Å². The third-order valence-corrected chi connectivity index (χ3v) is 4.90. The highest BCUT2D eigenvalue weighted by atomic mass is 32.1. The lowest BCUT2D eigenvalue weighted by molar-refractivity contribution is -0.127. The predicted octanol–water partition coefficient (Wildman–Crippen LogP) is 1.87. The van der Waals surface area contributed by atoms with Gasteiger partial charge in [0.15, 0.2) is 5.13 Å². The normalized spacial score (nSPS) is 21.2. The molecule has 22 heavy (non-hydrogen) atoms. The summed E-state index contributed by atoms with van der Waals surface area (Å²) < 4.78 is 11.5. The standard InChI is InChI=1S/C15H19N3O3S/c1-20-9-15(6-7-16-8-15)13(19)18-14-17-12-10(21-2)4-3-5-11(12)22-14/h3-5,16H,6-9H2,1-2H3,(H,17,18,19). The average Bonchev–Trinajstić information content (AvgIpc) is 3.14. The van der Waals surface area contributed by atoms with Crippen LogP contribution in [-0.4, -0.2) is 44.8 Å². The molecule has 0 radical (unpaired) electrons. The number of rotatable bonds is 5. The second-order valence-corrected chi connectivity index (χ2v) is 6.45. The number of methoxy groups -OCH3 is 2. The van der Waals surface area contributed by atoms with E-state index in [2.05, 4.69) is 15.6 Å². The largest absolute Gasteiger partial charge is 0.494 e. The summed E-state index contributed by atoms with van der Waals surface area (Å²) in [6.45, 7) is 1.85. The minimum atomic E-state index is -0.517. The Labute approximate surface area is 132 Å². The zero-order chi connectivity index (χ0) is 15.6. The maximum atomic E-state index is 12.7. The average molecular weight is 321 g/mol. The number of nitrogens with zero attached hydrogens (tertiary/aromatic N) is 1. The number of thiazole rings is 1. The topological polar surface area (TPSA) is 72.5 Å². The van der Waals surface area contributed by atoms with E-state index in [-0.39, 0.29) is 5.91 Å². The fourth-order valence-electron chi connectivity index (χ4n) is 2.77. The molecular weight excluding hydrogens is 302 g/mol. The van der Waals surface area contributed by atoms with Crippen molar-refractivity contribution >= 4 is 32.6 Å². The first-order valence-electron chi connectivity index (χ1n) is 7.13. The molecule has 1 fully saturated rings. The van der Waals surface area contributed by atoms with Crippen LogP contribution in [0.1, 0.15) is 6.42 Å². The van der Waals surface area contributed by atoms with Gasteiger partial charge in [0.25, 0.3) is 0 Å². The number of carbonyl (C=O) groups is 1. The van der Waals surface area contributed by atoms with E-state index in [1.807, 2.05) is 18.2 Å². The van der Waals surface area contributed by atoms with Gasteiger partial charge < -0.3 is 20.1 Å². The lowest BCUT2D eigenvalue weighted by atomic mass is 9.87. The highest BCUT2D eigenvalue weighted by Gasteiger charge is 2.41. The zero-order valence-electron chi connectivity index (χ0n) is 12.6. The van der Waals surface area contributed by atoms with Crippen molar-refractivity contribution < 1.29 is 14.3 Å². The molecule has 6 nitrogen and oxygen atoms in total. The van der Waals surface area contributed by atoms with E-state index in [0.717, 1.165) is 23.2 Å². The van der Waals surface area contributed by atoms with Crippen LogP contribution in [0.25, 0.3) is 10.2 Å². The smallest absolute Gasteiger partial charge is 0.236 e. The number of para-hydroxylation sites is 1. The number of nitrogens with one attached hydrogen (secondary N) is 2. The van der Waals surface area contributed by atoms with Crippen molar-refractivity contribution in [3.8, 4) is 5.75 Å². The Balaban J connectivity index is 1.84. The number of ether oxygens (including phenoxy) is 2. The van der Waals surface area contributed by atoms with Gasteiger partial charge in [-0.2, -0.15) is 0 Å². The van der Waals surface area contributed by atoms with Crippen molar-refractivity contribution in [3.63, 3.8) is 0 Å². The van der Waals surface area contributed by atoms with E-state index >= 15 is 0 Å². The number of hydrogen-bond donors (Lipinski definition) is 2. The lowest BCUT2D eigenvalue weighted by Gasteiger charge is -2.25. The first-order valence-corrected chi connectivity index (χ1v) is 7.95. The van der Waals surface area contributed by atoms with Crippen molar-refractivity contribution in [2.24, 2.45) is 5.41 Å². The van der Waals surface area contributed by atoms with Crippen LogP contribution in [0.15, 0.2) is 18.2 Å². The van der Waals surface area contributed by atoms with Crippen LogP contribution in [-0.2, 0) is 9.53 Å². The first-order chi connectivity index (χ1) is 10.7. The number of carbonyl (C=O) groups excluding carboxylic acids is 1. The van der Waals surface area contributed by atoms with Gasteiger partial charge in [-0.15, -0.1) is 0 Å². The first kappa shape index (κ1) is 15.2. The maximum Gasteiger partial charge on any atom is 0.236 e. The van der Waals surface area contributed by atoms with Crippen LogP contribution in [0.4, 0.5) is 5.13 Å². The number of benzene rings is 1. The molecule has 1 aromatic carbocycles. The van der Waals surface area contributed by atoms with Crippen LogP contribution in [0.3, 0.4) is 0 Å². The van der Waals surface area contributed by atoms with Gasteiger partial charge in [0.2, 0.25) is 5.91 Å². The molecule has 0 saturated carbocycles. The number of anilines is 1. The van der Waals surface area contributed by atoms with Crippen molar-refractivity contribution in [2.75, 3.05) is 39.2 Å². The number of hydrogen-bond acceptors (Lipinski definition) is 6. The summed E-state index contributed by atoms with van der Waals surface area (Å²) >= 11 is 1.45. The second kappa shape index (κ2) is 6.20. The zero-order valence-corrected chi connectivity index (χ0v) is 13.5. The molecule has 0 spiro atoms.